The molecule has 2 aliphatic rings. The van der Waals surface area contributed by atoms with Gasteiger partial charge in [0.25, 0.3) is 0 Å². The smallest absolute Gasteiger partial charge is 0.193 e. The zero-order chi connectivity index (χ0) is 17.0. The minimum absolute atomic E-state index is 0. The molecule has 0 aromatic heterocycles. The maximum atomic E-state index is 5.58. The zero-order valence-corrected chi connectivity index (χ0v) is 18.6. The van der Waals surface area contributed by atoms with E-state index in [2.05, 4.69) is 52.1 Å². The summed E-state index contributed by atoms with van der Waals surface area (Å²) in [5.41, 5.74) is 1.54. The standard InChI is InChI=1S/C19H29N3OS.HI/c1-4-15-13-22(11-12-24-15)18(20-2)21-14-19(9-10-19)16-7-5-6-8-17(16)23-3;/h5-8,15H,4,9-14H2,1-3H3,(H,20,21);1H. The summed E-state index contributed by atoms with van der Waals surface area (Å²) < 4.78 is 5.58. The average Bonchev–Trinajstić information content (AvgIpc) is 3.43. The van der Waals surface area contributed by atoms with Gasteiger partial charge in [-0.3, -0.25) is 4.99 Å². The summed E-state index contributed by atoms with van der Waals surface area (Å²) >= 11 is 2.09. The number of hydrogen-bond donors (Lipinski definition) is 1. The number of nitrogens with zero attached hydrogens (tertiary/aromatic N) is 2. The maximum Gasteiger partial charge on any atom is 0.193 e. The highest BCUT2D eigenvalue weighted by Gasteiger charge is 2.46. The van der Waals surface area contributed by atoms with Crippen molar-refractivity contribution < 1.29 is 4.74 Å². The van der Waals surface area contributed by atoms with Gasteiger partial charge in [0.15, 0.2) is 5.96 Å². The molecule has 0 radical (unpaired) electrons. The van der Waals surface area contributed by atoms with Crippen molar-refractivity contribution in [3.05, 3.63) is 29.8 Å². The van der Waals surface area contributed by atoms with Crippen LogP contribution >= 0.6 is 35.7 Å². The molecule has 1 unspecified atom stereocenters. The molecule has 4 nitrogen and oxygen atoms in total. The molecular weight excluding hydrogens is 445 g/mol. The average molecular weight is 475 g/mol. The highest BCUT2D eigenvalue weighted by atomic mass is 127. The predicted octanol–water partition coefficient (Wildman–Crippen LogP) is 3.75. The molecule has 1 saturated carbocycles. The minimum atomic E-state index is 0. The second-order valence-corrected chi connectivity index (χ2v) is 8.14. The van der Waals surface area contributed by atoms with Gasteiger partial charge in [0.1, 0.15) is 5.75 Å². The van der Waals surface area contributed by atoms with E-state index in [1.54, 1.807) is 7.11 Å². The Morgan fingerprint density at radius 1 is 1.40 bits per heavy atom. The van der Waals surface area contributed by atoms with Crippen LogP contribution in [0.5, 0.6) is 5.75 Å². The number of nitrogens with one attached hydrogen (secondary N) is 1. The van der Waals surface area contributed by atoms with E-state index in [-0.39, 0.29) is 29.4 Å². The van der Waals surface area contributed by atoms with Crippen LogP contribution in [0.2, 0.25) is 0 Å². The molecule has 1 N–H and O–H groups in total. The monoisotopic (exact) mass is 475 g/mol. The Hall–Kier alpha value is -0.630. The van der Waals surface area contributed by atoms with Gasteiger partial charge in [0.2, 0.25) is 0 Å². The van der Waals surface area contributed by atoms with E-state index < -0.39 is 0 Å². The van der Waals surface area contributed by atoms with Crippen molar-refractivity contribution in [1.29, 1.82) is 0 Å². The third-order valence-corrected chi connectivity index (χ3v) is 6.59. The van der Waals surface area contributed by atoms with Crippen LogP contribution in [-0.4, -0.2) is 55.7 Å². The molecule has 1 aromatic carbocycles. The Kier molecular flexibility index (Phi) is 7.73. The SMILES string of the molecule is CCC1CN(C(=NC)NCC2(c3ccccc3OC)CC2)CCS1.I. The third-order valence-electron chi connectivity index (χ3n) is 5.22. The first-order valence-electron chi connectivity index (χ1n) is 8.93. The molecule has 1 atom stereocenters. The fourth-order valence-corrected chi connectivity index (χ4v) is 4.69. The van der Waals surface area contributed by atoms with Crippen LogP contribution in [0.15, 0.2) is 29.3 Å². The van der Waals surface area contributed by atoms with E-state index in [1.165, 1.54) is 30.6 Å². The summed E-state index contributed by atoms with van der Waals surface area (Å²) in [6.45, 7) is 5.39. The molecular formula is C19H30IN3OS. The van der Waals surface area contributed by atoms with Crippen LogP contribution in [0, 0.1) is 0 Å². The summed E-state index contributed by atoms with van der Waals surface area (Å²) in [5, 5.41) is 4.37. The molecule has 2 fully saturated rings. The largest absolute Gasteiger partial charge is 0.496 e. The summed E-state index contributed by atoms with van der Waals surface area (Å²) in [4.78, 5) is 6.96. The summed E-state index contributed by atoms with van der Waals surface area (Å²) in [6, 6.07) is 8.43. The fourth-order valence-electron chi connectivity index (χ4n) is 3.51. The van der Waals surface area contributed by atoms with Crippen molar-refractivity contribution in [3.63, 3.8) is 0 Å². The molecule has 1 aliphatic heterocycles. The van der Waals surface area contributed by atoms with Gasteiger partial charge in [-0.15, -0.1) is 24.0 Å². The van der Waals surface area contributed by atoms with Crippen molar-refractivity contribution >= 4 is 41.7 Å². The van der Waals surface area contributed by atoms with Crippen molar-refractivity contribution in [1.82, 2.24) is 10.2 Å². The van der Waals surface area contributed by atoms with Gasteiger partial charge in [-0.1, -0.05) is 25.1 Å². The predicted molar refractivity (Wildman–Crippen MR) is 119 cm³/mol. The number of halogens is 1. The highest BCUT2D eigenvalue weighted by molar-refractivity contribution is 14.0. The Morgan fingerprint density at radius 3 is 2.80 bits per heavy atom. The van der Waals surface area contributed by atoms with E-state index >= 15 is 0 Å². The van der Waals surface area contributed by atoms with Gasteiger partial charge < -0.3 is 15.0 Å². The molecule has 1 heterocycles. The first kappa shape index (κ1) is 20.7. The first-order valence-corrected chi connectivity index (χ1v) is 9.98. The highest BCUT2D eigenvalue weighted by Crippen LogP contribution is 2.50. The summed E-state index contributed by atoms with van der Waals surface area (Å²) in [5.74, 6) is 3.25. The van der Waals surface area contributed by atoms with Crippen LogP contribution in [0.3, 0.4) is 0 Å². The molecule has 1 saturated heterocycles. The Balaban J connectivity index is 0.00000225. The van der Waals surface area contributed by atoms with Crippen LogP contribution in [0.1, 0.15) is 31.7 Å². The van der Waals surface area contributed by atoms with E-state index in [0.29, 0.717) is 0 Å². The van der Waals surface area contributed by atoms with Crippen LogP contribution in [0.4, 0.5) is 0 Å². The number of thioether (sulfide) groups is 1. The van der Waals surface area contributed by atoms with Crippen LogP contribution in [-0.2, 0) is 5.41 Å². The molecule has 0 bridgehead atoms. The quantitative estimate of drug-likeness (QED) is 0.400. The van der Waals surface area contributed by atoms with Gasteiger partial charge in [0.05, 0.1) is 7.11 Å². The van der Waals surface area contributed by atoms with Crippen molar-refractivity contribution in [2.24, 2.45) is 4.99 Å². The number of methoxy groups -OCH3 is 1. The second kappa shape index (κ2) is 9.35. The van der Waals surface area contributed by atoms with Crippen LogP contribution < -0.4 is 10.1 Å². The Bertz CT molecular complexity index is 592. The molecule has 0 spiro atoms. The Morgan fingerprint density at radius 2 is 2.16 bits per heavy atom. The van der Waals surface area contributed by atoms with E-state index in [0.717, 1.165) is 36.6 Å². The molecule has 0 amide bonds. The van der Waals surface area contributed by atoms with Crippen LogP contribution in [0.25, 0.3) is 0 Å². The lowest BCUT2D eigenvalue weighted by Gasteiger charge is -2.35. The number of ether oxygens (including phenoxy) is 1. The first-order chi connectivity index (χ1) is 11.7. The molecule has 25 heavy (non-hydrogen) atoms. The van der Waals surface area contributed by atoms with Crippen molar-refractivity contribution in [3.8, 4) is 5.75 Å². The van der Waals surface area contributed by atoms with Gasteiger partial charge in [-0.25, -0.2) is 0 Å². The van der Waals surface area contributed by atoms with E-state index in [9.17, 15) is 0 Å². The minimum Gasteiger partial charge on any atom is -0.496 e. The maximum absolute atomic E-state index is 5.58. The molecule has 1 aromatic rings. The summed E-state index contributed by atoms with van der Waals surface area (Å²) in [7, 11) is 3.66. The molecule has 3 rings (SSSR count). The number of aliphatic imine (C=N–C) groups is 1. The summed E-state index contributed by atoms with van der Waals surface area (Å²) in [6.07, 6.45) is 3.65. The van der Waals surface area contributed by atoms with E-state index in [4.69, 9.17) is 4.74 Å². The number of rotatable bonds is 5. The Labute approximate surface area is 173 Å². The van der Waals surface area contributed by atoms with Gasteiger partial charge in [-0.2, -0.15) is 11.8 Å². The molecule has 6 heteroatoms. The van der Waals surface area contributed by atoms with Gasteiger partial charge in [-0.05, 0) is 25.3 Å². The molecule has 140 valence electrons. The topological polar surface area (TPSA) is 36.9 Å². The third kappa shape index (κ3) is 4.76. The molecule has 1 aliphatic carbocycles. The lowest BCUT2D eigenvalue weighted by atomic mass is 9.95. The van der Waals surface area contributed by atoms with Crippen molar-refractivity contribution in [2.45, 2.75) is 36.9 Å². The van der Waals surface area contributed by atoms with Gasteiger partial charge >= 0.3 is 0 Å². The lowest BCUT2D eigenvalue weighted by Crippen LogP contribution is -2.49. The number of guanidine groups is 1. The normalized spacial score (nSPS) is 22.1. The number of benzene rings is 1. The second-order valence-electron chi connectivity index (χ2n) is 6.73. The van der Waals surface area contributed by atoms with Crippen molar-refractivity contribution in [2.75, 3.05) is 39.5 Å². The zero-order valence-electron chi connectivity index (χ0n) is 15.5. The number of para-hydroxylation sites is 1. The van der Waals surface area contributed by atoms with E-state index in [1.807, 2.05) is 13.1 Å². The fraction of sp³-hybridized carbons (Fsp3) is 0.632. The number of hydrogen-bond acceptors (Lipinski definition) is 3. The lowest BCUT2D eigenvalue weighted by molar-refractivity contribution is 0.396. The van der Waals surface area contributed by atoms with Gasteiger partial charge in [0, 0.05) is 48.7 Å².